The number of carbonyl (C=O) groups excluding carboxylic acids is 2. The molecule has 0 aliphatic heterocycles. The van der Waals surface area contributed by atoms with Crippen LogP contribution in [0.1, 0.15) is 47.4 Å². The van der Waals surface area contributed by atoms with Crippen molar-refractivity contribution in [2.45, 2.75) is 39.2 Å². The lowest BCUT2D eigenvalue weighted by molar-refractivity contribution is -0.123. The lowest BCUT2D eigenvalue weighted by Gasteiger charge is -2.18. The monoisotopic (exact) mass is 401 g/mol. The van der Waals surface area contributed by atoms with Crippen LogP contribution in [0.4, 0.5) is 5.69 Å². The van der Waals surface area contributed by atoms with E-state index in [-0.39, 0.29) is 0 Å². The maximum absolute atomic E-state index is 12.7. The van der Waals surface area contributed by atoms with E-state index in [2.05, 4.69) is 17.2 Å². The second-order valence-corrected chi connectivity index (χ2v) is 7.88. The maximum atomic E-state index is 12.7. The fourth-order valence-electron chi connectivity index (χ4n) is 3.92. The van der Waals surface area contributed by atoms with Crippen LogP contribution in [0.15, 0.2) is 42.5 Å². The average molecular weight is 401 g/mol. The lowest BCUT2D eigenvalue weighted by atomic mass is 9.87. The second kappa shape index (κ2) is 8.03. The fraction of sp³-hybridized carbons (Fsp3) is 0.292. The van der Waals surface area contributed by atoms with Crippen molar-refractivity contribution in [3.05, 3.63) is 64.8 Å². The van der Waals surface area contributed by atoms with Crippen molar-refractivity contribution in [1.29, 1.82) is 5.26 Å². The van der Waals surface area contributed by atoms with E-state index in [1.165, 1.54) is 18.2 Å². The van der Waals surface area contributed by atoms with Gasteiger partial charge in [-0.3, -0.25) is 4.79 Å². The Hall–Kier alpha value is -3.59. The Morgan fingerprint density at radius 2 is 2.07 bits per heavy atom. The number of para-hydroxylation sites is 1. The summed E-state index contributed by atoms with van der Waals surface area (Å²) in [6.07, 6.45) is 2.17. The second-order valence-electron chi connectivity index (χ2n) is 7.88. The predicted molar refractivity (Wildman–Crippen MR) is 114 cm³/mol. The molecule has 0 saturated heterocycles. The minimum absolute atomic E-state index is 0.348. The number of aryl methyl sites for hydroxylation is 1. The highest BCUT2D eigenvalue weighted by Gasteiger charge is 2.23. The molecular weight excluding hydrogens is 378 g/mol. The van der Waals surface area contributed by atoms with E-state index in [0.29, 0.717) is 22.7 Å². The van der Waals surface area contributed by atoms with Crippen molar-refractivity contribution in [3.8, 4) is 6.07 Å². The van der Waals surface area contributed by atoms with Gasteiger partial charge in [-0.1, -0.05) is 19.1 Å². The van der Waals surface area contributed by atoms with Crippen LogP contribution in [0.3, 0.4) is 0 Å². The Balaban J connectivity index is 1.49. The fourth-order valence-corrected chi connectivity index (χ4v) is 3.92. The van der Waals surface area contributed by atoms with Crippen molar-refractivity contribution in [2.24, 2.45) is 5.92 Å². The maximum Gasteiger partial charge on any atom is 0.338 e. The third kappa shape index (κ3) is 3.79. The Morgan fingerprint density at radius 3 is 2.87 bits per heavy atom. The molecule has 1 aliphatic rings. The molecule has 4 rings (SSSR count). The summed E-state index contributed by atoms with van der Waals surface area (Å²) in [4.78, 5) is 28.6. The molecule has 1 amide bonds. The summed E-state index contributed by atoms with van der Waals surface area (Å²) in [5.74, 6) is -0.418. The third-order valence-electron chi connectivity index (χ3n) is 5.63. The number of aromatic amines is 1. The van der Waals surface area contributed by atoms with Crippen LogP contribution in [-0.2, 0) is 22.4 Å². The van der Waals surface area contributed by atoms with Crippen LogP contribution < -0.4 is 5.32 Å². The Kier molecular flexibility index (Phi) is 5.28. The number of aromatic nitrogens is 1. The summed E-state index contributed by atoms with van der Waals surface area (Å²) in [5, 5.41) is 12.8. The number of anilines is 1. The normalized spacial score (nSPS) is 16.4. The molecule has 2 atom stereocenters. The number of benzene rings is 2. The summed E-state index contributed by atoms with van der Waals surface area (Å²) in [6, 6.07) is 14.2. The molecule has 2 unspecified atom stereocenters. The number of hydrogen-bond acceptors (Lipinski definition) is 4. The van der Waals surface area contributed by atoms with Gasteiger partial charge in [-0.05, 0) is 68.0 Å². The van der Waals surface area contributed by atoms with Crippen LogP contribution in [0.5, 0.6) is 0 Å². The number of rotatable bonds is 4. The molecule has 6 heteroatoms. The SMILES string of the molecule is CC1CCc2[nH]c3ccc(C(=O)OC(C)C(=O)Nc4ccccc4C#N)cc3c2C1. The molecule has 1 aromatic heterocycles. The number of nitrogens with one attached hydrogen (secondary N) is 2. The van der Waals surface area contributed by atoms with Gasteiger partial charge in [-0.2, -0.15) is 5.26 Å². The van der Waals surface area contributed by atoms with Gasteiger partial charge in [0.15, 0.2) is 6.10 Å². The van der Waals surface area contributed by atoms with Crippen LogP contribution >= 0.6 is 0 Å². The summed E-state index contributed by atoms with van der Waals surface area (Å²) in [6.45, 7) is 3.76. The smallest absolute Gasteiger partial charge is 0.338 e. The highest BCUT2D eigenvalue weighted by Crippen LogP contribution is 2.32. The number of carbonyl (C=O) groups is 2. The largest absolute Gasteiger partial charge is 0.449 e. The first kappa shape index (κ1) is 19.7. The molecule has 0 radical (unpaired) electrons. The quantitative estimate of drug-likeness (QED) is 0.636. The van der Waals surface area contributed by atoms with Crippen molar-refractivity contribution >= 4 is 28.5 Å². The highest BCUT2D eigenvalue weighted by molar-refractivity contribution is 6.00. The summed E-state index contributed by atoms with van der Waals surface area (Å²) < 4.78 is 5.39. The molecular formula is C24H23N3O3. The number of nitrogens with zero attached hydrogens (tertiary/aromatic N) is 1. The molecule has 30 heavy (non-hydrogen) atoms. The van der Waals surface area contributed by atoms with Gasteiger partial charge in [0.1, 0.15) is 6.07 Å². The first-order valence-electron chi connectivity index (χ1n) is 10.1. The number of esters is 1. The number of ether oxygens (including phenoxy) is 1. The van der Waals surface area contributed by atoms with Crippen molar-refractivity contribution in [3.63, 3.8) is 0 Å². The highest BCUT2D eigenvalue weighted by atomic mass is 16.5. The van der Waals surface area contributed by atoms with Crippen LogP contribution in [0, 0.1) is 17.2 Å². The zero-order chi connectivity index (χ0) is 21.3. The number of fused-ring (bicyclic) bond motifs is 3. The topological polar surface area (TPSA) is 95.0 Å². The summed E-state index contributed by atoms with van der Waals surface area (Å²) >= 11 is 0. The number of hydrogen-bond donors (Lipinski definition) is 2. The molecule has 152 valence electrons. The van der Waals surface area contributed by atoms with Crippen LogP contribution in [-0.4, -0.2) is 23.0 Å². The average Bonchev–Trinajstić information content (AvgIpc) is 3.11. The number of nitriles is 1. The Labute approximate surface area is 174 Å². The minimum atomic E-state index is -1.000. The van der Waals surface area contributed by atoms with E-state index in [1.807, 2.05) is 18.2 Å². The molecule has 3 aromatic rings. The van der Waals surface area contributed by atoms with Gasteiger partial charge in [0, 0.05) is 16.6 Å². The molecule has 6 nitrogen and oxygen atoms in total. The van der Waals surface area contributed by atoms with E-state index in [9.17, 15) is 9.59 Å². The van der Waals surface area contributed by atoms with Gasteiger partial charge in [-0.15, -0.1) is 0 Å². The van der Waals surface area contributed by atoms with Crippen LogP contribution in [0.2, 0.25) is 0 Å². The van der Waals surface area contributed by atoms with E-state index >= 15 is 0 Å². The lowest BCUT2D eigenvalue weighted by Crippen LogP contribution is -2.30. The van der Waals surface area contributed by atoms with Crippen molar-refractivity contribution in [1.82, 2.24) is 4.98 Å². The third-order valence-corrected chi connectivity index (χ3v) is 5.63. The van der Waals surface area contributed by atoms with E-state index < -0.39 is 18.0 Å². The van der Waals surface area contributed by atoms with E-state index in [0.717, 1.165) is 30.2 Å². The molecule has 1 aliphatic carbocycles. The van der Waals surface area contributed by atoms with Gasteiger partial charge >= 0.3 is 5.97 Å². The van der Waals surface area contributed by atoms with E-state index in [4.69, 9.17) is 10.00 Å². The predicted octanol–water partition coefficient (Wildman–Crippen LogP) is 4.35. The van der Waals surface area contributed by atoms with Gasteiger partial charge < -0.3 is 15.0 Å². The Morgan fingerprint density at radius 1 is 1.27 bits per heavy atom. The first-order chi connectivity index (χ1) is 14.5. The van der Waals surface area contributed by atoms with E-state index in [1.54, 1.807) is 30.3 Å². The minimum Gasteiger partial charge on any atom is -0.449 e. The first-order valence-corrected chi connectivity index (χ1v) is 10.1. The van der Waals surface area contributed by atoms with Gasteiger partial charge in [0.25, 0.3) is 5.91 Å². The molecule has 0 bridgehead atoms. The van der Waals surface area contributed by atoms with Gasteiger partial charge in [0.2, 0.25) is 0 Å². The standard InChI is InChI=1S/C24H23N3O3/c1-14-7-9-21-18(11-14)19-12-16(8-10-22(19)26-21)24(29)30-15(2)23(28)27-20-6-4-3-5-17(20)13-25/h3-6,8,10,12,14-15,26H,7,9,11H2,1-2H3,(H,27,28). The van der Waals surface area contributed by atoms with Gasteiger partial charge in [0.05, 0.1) is 16.8 Å². The molecule has 1 heterocycles. The van der Waals surface area contributed by atoms with Gasteiger partial charge in [-0.25, -0.2) is 4.79 Å². The molecule has 0 spiro atoms. The summed E-state index contributed by atoms with van der Waals surface area (Å²) in [5.41, 5.74) is 4.70. The molecule has 0 fully saturated rings. The molecule has 2 N–H and O–H groups in total. The zero-order valence-corrected chi connectivity index (χ0v) is 17.0. The molecule has 0 saturated carbocycles. The number of amides is 1. The zero-order valence-electron chi connectivity index (χ0n) is 17.0. The molecule has 2 aromatic carbocycles. The van der Waals surface area contributed by atoms with Crippen molar-refractivity contribution < 1.29 is 14.3 Å². The Bertz CT molecular complexity index is 1170. The summed E-state index contributed by atoms with van der Waals surface area (Å²) in [7, 11) is 0. The van der Waals surface area contributed by atoms with Crippen molar-refractivity contribution in [2.75, 3.05) is 5.32 Å². The van der Waals surface area contributed by atoms with Crippen LogP contribution in [0.25, 0.3) is 10.9 Å². The number of H-pyrrole nitrogens is 1.